The molecule has 4 nitrogen and oxygen atoms in total. The Morgan fingerprint density at radius 2 is 2.24 bits per heavy atom. The van der Waals surface area contributed by atoms with Crippen LogP contribution < -0.4 is 10.5 Å². The number of nitrogens with two attached hydrogens (primary N) is 1. The third kappa shape index (κ3) is 2.47. The molecule has 4 heteroatoms. The summed E-state index contributed by atoms with van der Waals surface area (Å²) in [6.45, 7) is 3.12. The van der Waals surface area contributed by atoms with Gasteiger partial charge < -0.3 is 10.5 Å². The first-order chi connectivity index (χ1) is 8.24. The van der Waals surface area contributed by atoms with Crippen LogP contribution in [0.25, 0.3) is 11.3 Å². The summed E-state index contributed by atoms with van der Waals surface area (Å²) < 4.78 is 7.27. The van der Waals surface area contributed by atoms with E-state index in [1.807, 2.05) is 44.4 Å². The van der Waals surface area contributed by atoms with Gasteiger partial charge in [0.1, 0.15) is 5.75 Å². The number of benzene rings is 1. The highest BCUT2D eigenvalue weighted by Crippen LogP contribution is 2.25. The van der Waals surface area contributed by atoms with Crippen LogP contribution in [0.4, 0.5) is 0 Å². The molecule has 0 aliphatic rings. The van der Waals surface area contributed by atoms with Crippen LogP contribution in [-0.2, 0) is 13.6 Å². The van der Waals surface area contributed by atoms with Crippen molar-refractivity contribution in [3.63, 3.8) is 0 Å². The first-order valence-electron chi connectivity index (χ1n) is 5.70. The minimum absolute atomic E-state index is 0.488. The van der Waals surface area contributed by atoms with Crippen LogP contribution in [0.5, 0.6) is 5.75 Å². The fraction of sp³-hybridized carbons (Fsp3) is 0.308. The number of nitrogens with zero attached hydrogens (tertiary/aromatic N) is 2. The van der Waals surface area contributed by atoms with Crippen molar-refractivity contribution in [3.8, 4) is 17.0 Å². The zero-order valence-corrected chi connectivity index (χ0v) is 10.2. The largest absolute Gasteiger partial charge is 0.494 e. The third-order valence-electron chi connectivity index (χ3n) is 2.54. The third-order valence-corrected chi connectivity index (χ3v) is 2.54. The van der Waals surface area contributed by atoms with Crippen LogP contribution in [0.15, 0.2) is 30.5 Å². The average Bonchev–Trinajstić information content (AvgIpc) is 2.71. The van der Waals surface area contributed by atoms with Gasteiger partial charge in [0.05, 0.1) is 12.3 Å². The highest BCUT2D eigenvalue weighted by atomic mass is 16.5. The summed E-state index contributed by atoms with van der Waals surface area (Å²) >= 11 is 0. The number of rotatable bonds is 4. The van der Waals surface area contributed by atoms with Crippen molar-refractivity contribution in [1.82, 2.24) is 9.78 Å². The molecule has 0 bridgehead atoms. The fourth-order valence-corrected chi connectivity index (χ4v) is 1.83. The summed E-state index contributed by atoms with van der Waals surface area (Å²) in [5, 5.41) is 4.43. The van der Waals surface area contributed by atoms with E-state index >= 15 is 0 Å². The van der Waals surface area contributed by atoms with Crippen LogP contribution in [0.3, 0.4) is 0 Å². The quantitative estimate of drug-likeness (QED) is 0.875. The SMILES string of the molecule is CCOc1cccc(-c2nn(C)cc2CN)c1. The van der Waals surface area contributed by atoms with Gasteiger partial charge in [-0.05, 0) is 19.1 Å². The summed E-state index contributed by atoms with van der Waals surface area (Å²) in [5.74, 6) is 0.860. The van der Waals surface area contributed by atoms with Crippen molar-refractivity contribution in [2.75, 3.05) is 6.61 Å². The Morgan fingerprint density at radius 1 is 1.41 bits per heavy atom. The van der Waals surface area contributed by atoms with Crippen molar-refractivity contribution in [3.05, 3.63) is 36.0 Å². The van der Waals surface area contributed by atoms with Gasteiger partial charge in [0.25, 0.3) is 0 Å². The summed E-state index contributed by atoms with van der Waals surface area (Å²) in [5.41, 5.74) is 8.72. The number of hydrogen-bond acceptors (Lipinski definition) is 3. The van der Waals surface area contributed by atoms with E-state index in [9.17, 15) is 0 Å². The topological polar surface area (TPSA) is 53.1 Å². The normalized spacial score (nSPS) is 10.5. The molecule has 0 saturated carbocycles. The lowest BCUT2D eigenvalue weighted by Crippen LogP contribution is -1.97. The molecule has 1 heterocycles. The van der Waals surface area contributed by atoms with Crippen LogP contribution in [0.2, 0.25) is 0 Å². The van der Waals surface area contributed by atoms with Crippen LogP contribution in [-0.4, -0.2) is 16.4 Å². The monoisotopic (exact) mass is 231 g/mol. The lowest BCUT2D eigenvalue weighted by Gasteiger charge is -2.05. The average molecular weight is 231 g/mol. The van der Waals surface area contributed by atoms with Gasteiger partial charge in [-0.25, -0.2) is 0 Å². The van der Waals surface area contributed by atoms with E-state index < -0.39 is 0 Å². The van der Waals surface area contributed by atoms with E-state index in [1.165, 1.54) is 0 Å². The maximum Gasteiger partial charge on any atom is 0.119 e. The molecule has 0 aliphatic carbocycles. The van der Waals surface area contributed by atoms with Crippen molar-refractivity contribution in [1.29, 1.82) is 0 Å². The molecule has 0 atom stereocenters. The van der Waals surface area contributed by atoms with E-state index in [2.05, 4.69) is 5.10 Å². The highest BCUT2D eigenvalue weighted by molar-refractivity contribution is 5.64. The van der Waals surface area contributed by atoms with E-state index in [-0.39, 0.29) is 0 Å². The second-order valence-corrected chi connectivity index (χ2v) is 3.84. The van der Waals surface area contributed by atoms with Crippen LogP contribution in [0.1, 0.15) is 12.5 Å². The van der Waals surface area contributed by atoms with Crippen LogP contribution >= 0.6 is 0 Å². The summed E-state index contributed by atoms with van der Waals surface area (Å²) in [6.07, 6.45) is 1.95. The first-order valence-corrected chi connectivity index (χ1v) is 5.70. The van der Waals surface area contributed by atoms with Gasteiger partial charge in [-0.15, -0.1) is 0 Å². The fourth-order valence-electron chi connectivity index (χ4n) is 1.83. The molecule has 1 aromatic carbocycles. The van der Waals surface area contributed by atoms with Crippen molar-refractivity contribution >= 4 is 0 Å². The van der Waals surface area contributed by atoms with E-state index in [0.717, 1.165) is 22.6 Å². The maximum absolute atomic E-state index is 5.71. The second kappa shape index (κ2) is 5.01. The highest BCUT2D eigenvalue weighted by Gasteiger charge is 2.09. The molecular weight excluding hydrogens is 214 g/mol. The van der Waals surface area contributed by atoms with E-state index in [1.54, 1.807) is 4.68 Å². The predicted octanol–water partition coefficient (Wildman–Crippen LogP) is 1.94. The van der Waals surface area contributed by atoms with Crippen molar-refractivity contribution in [2.24, 2.45) is 12.8 Å². The summed E-state index contributed by atoms with van der Waals surface area (Å²) in [7, 11) is 1.90. The molecule has 0 radical (unpaired) electrons. The number of aryl methyl sites for hydroxylation is 1. The molecule has 0 unspecified atom stereocenters. The molecule has 0 fully saturated rings. The number of aromatic nitrogens is 2. The second-order valence-electron chi connectivity index (χ2n) is 3.84. The lowest BCUT2D eigenvalue weighted by molar-refractivity contribution is 0.340. The molecule has 1 aromatic heterocycles. The molecule has 2 aromatic rings. The summed E-state index contributed by atoms with van der Waals surface area (Å²) in [4.78, 5) is 0. The number of hydrogen-bond donors (Lipinski definition) is 1. The van der Waals surface area contributed by atoms with Crippen molar-refractivity contribution in [2.45, 2.75) is 13.5 Å². The molecule has 2 N–H and O–H groups in total. The molecule has 17 heavy (non-hydrogen) atoms. The Labute approximate surface area is 101 Å². The molecule has 0 spiro atoms. The van der Waals surface area contributed by atoms with Gasteiger partial charge in [-0.3, -0.25) is 4.68 Å². The van der Waals surface area contributed by atoms with Gasteiger partial charge in [-0.1, -0.05) is 12.1 Å². The zero-order chi connectivity index (χ0) is 12.3. The Kier molecular flexibility index (Phi) is 3.44. The molecule has 0 saturated heterocycles. The van der Waals surface area contributed by atoms with Gasteiger partial charge >= 0.3 is 0 Å². The lowest BCUT2D eigenvalue weighted by atomic mass is 10.1. The predicted molar refractivity (Wildman–Crippen MR) is 67.7 cm³/mol. The smallest absolute Gasteiger partial charge is 0.119 e. The minimum atomic E-state index is 0.488. The maximum atomic E-state index is 5.71. The molecule has 0 aliphatic heterocycles. The Bertz CT molecular complexity index is 505. The number of ether oxygens (including phenoxy) is 1. The molecule has 0 amide bonds. The van der Waals surface area contributed by atoms with Gasteiger partial charge in [0, 0.05) is 30.9 Å². The molecule has 90 valence electrons. The Morgan fingerprint density at radius 3 is 2.94 bits per heavy atom. The molecular formula is C13H17N3O. The first kappa shape index (κ1) is 11.7. The van der Waals surface area contributed by atoms with Gasteiger partial charge in [0.2, 0.25) is 0 Å². The van der Waals surface area contributed by atoms with E-state index in [4.69, 9.17) is 10.5 Å². The van der Waals surface area contributed by atoms with Gasteiger partial charge in [0.15, 0.2) is 0 Å². The summed E-state index contributed by atoms with van der Waals surface area (Å²) in [6, 6.07) is 7.92. The Hall–Kier alpha value is -1.81. The Balaban J connectivity index is 2.41. The van der Waals surface area contributed by atoms with Crippen molar-refractivity contribution < 1.29 is 4.74 Å². The molecule has 2 rings (SSSR count). The zero-order valence-electron chi connectivity index (χ0n) is 10.2. The van der Waals surface area contributed by atoms with Gasteiger partial charge in [-0.2, -0.15) is 5.10 Å². The standard InChI is InChI=1S/C13H17N3O/c1-3-17-12-6-4-5-10(7-12)13-11(8-14)9-16(2)15-13/h4-7,9H,3,8,14H2,1-2H3. The minimum Gasteiger partial charge on any atom is -0.494 e. The van der Waals surface area contributed by atoms with Crippen LogP contribution in [0, 0.1) is 0 Å². The van der Waals surface area contributed by atoms with E-state index in [0.29, 0.717) is 13.2 Å².